The molecule has 2 aromatic rings. The lowest BCUT2D eigenvalue weighted by atomic mass is 9.70. The van der Waals surface area contributed by atoms with Gasteiger partial charge in [-0.05, 0) is 37.3 Å². The van der Waals surface area contributed by atoms with Crippen LogP contribution in [-0.4, -0.2) is 40.5 Å². The molecule has 26 heavy (non-hydrogen) atoms. The van der Waals surface area contributed by atoms with Gasteiger partial charge in [-0.1, -0.05) is 12.1 Å². The second-order valence-corrected chi connectivity index (χ2v) is 9.20. The van der Waals surface area contributed by atoms with Gasteiger partial charge in [0.1, 0.15) is 22.1 Å². The fourth-order valence-electron chi connectivity index (χ4n) is 4.53. The molecule has 2 fully saturated rings. The van der Waals surface area contributed by atoms with Gasteiger partial charge in [0, 0.05) is 38.4 Å². The SMILES string of the molecule is Cn1ccnc1C1(O)CCCC2CN(S(=O)(=O)c3ccccc3F)CC21. The van der Waals surface area contributed by atoms with Gasteiger partial charge >= 0.3 is 0 Å². The molecule has 0 bridgehead atoms. The fourth-order valence-corrected chi connectivity index (χ4v) is 6.12. The van der Waals surface area contributed by atoms with E-state index in [1.165, 1.54) is 22.5 Å². The third-order valence-electron chi connectivity index (χ3n) is 5.82. The van der Waals surface area contributed by atoms with Crippen molar-refractivity contribution in [2.75, 3.05) is 13.1 Å². The zero-order valence-electron chi connectivity index (χ0n) is 14.5. The van der Waals surface area contributed by atoms with Gasteiger partial charge in [-0.25, -0.2) is 17.8 Å². The number of fused-ring (bicyclic) bond motifs is 1. The molecule has 2 aliphatic rings. The van der Waals surface area contributed by atoms with Crippen molar-refractivity contribution in [2.45, 2.75) is 29.8 Å². The first-order valence-electron chi connectivity index (χ1n) is 8.79. The fraction of sp³-hybridized carbons (Fsp3) is 0.500. The van der Waals surface area contributed by atoms with E-state index in [0.29, 0.717) is 18.8 Å². The molecule has 1 saturated heterocycles. The van der Waals surface area contributed by atoms with Crippen LogP contribution in [0, 0.1) is 17.7 Å². The maximum absolute atomic E-state index is 14.1. The molecular weight excluding hydrogens is 357 g/mol. The van der Waals surface area contributed by atoms with Crippen LogP contribution in [0.4, 0.5) is 4.39 Å². The van der Waals surface area contributed by atoms with Crippen molar-refractivity contribution in [3.63, 3.8) is 0 Å². The summed E-state index contributed by atoms with van der Waals surface area (Å²) in [5, 5.41) is 11.4. The number of imidazole rings is 1. The Bertz CT molecular complexity index is 929. The van der Waals surface area contributed by atoms with E-state index in [1.54, 1.807) is 17.0 Å². The summed E-state index contributed by atoms with van der Waals surface area (Å²) in [6, 6.07) is 5.43. The maximum atomic E-state index is 14.1. The Morgan fingerprint density at radius 3 is 2.77 bits per heavy atom. The van der Waals surface area contributed by atoms with E-state index < -0.39 is 21.4 Å². The summed E-state index contributed by atoms with van der Waals surface area (Å²) >= 11 is 0. The molecule has 0 amide bonds. The van der Waals surface area contributed by atoms with Crippen molar-refractivity contribution in [3.8, 4) is 0 Å². The number of aryl methyl sites for hydroxylation is 1. The molecule has 0 radical (unpaired) electrons. The Kier molecular flexibility index (Phi) is 4.17. The number of nitrogens with zero attached hydrogens (tertiary/aromatic N) is 3. The Morgan fingerprint density at radius 1 is 1.31 bits per heavy atom. The number of rotatable bonds is 3. The lowest BCUT2D eigenvalue weighted by Gasteiger charge is -2.40. The lowest BCUT2D eigenvalue weighted by Crippen LogP contribution is -2.44. The van der Waals surface area contributed by atoms with Crippen molar-refractivity contribution in [1.82, 2.24) is 13.9 Å². The largest absolute Gasteiger partial charge is 0.382 e. The quantitative estimate of drug-likeness (QED) is 0.883. The van der Waals surface area contributed by atoms with E-state index in [9.17, 15) is 17.9 Å². The normalized spacial score (nSPS) is 29.7. The van der Waals surface area contributed by atoms with Gasteiger partial charge in [-0.15, -0.1) is 0 Å². The van der Waals surface area contributed by atoms with Crippen LogP contribution >= 0.6 is 0 Å². The predicted molar refractivity (Wildman–Crippen MR) is 93.1 cm³/mol. The molecule has 1 aliphatic heterocycles. The van der Waals surface area contributed by atoms with Crippen LogP contribution in [0.15, 0.2) is 41.6 Å². The first kappa shape index (κ1) is 17.6. The lowest BCUT2D eigenvalue weighted by molar-refractivity contribution is -0.0728. The maximum Gasteiger partial charge on any atom is 0.246 e. The highest BCUT2D eigenvalue weighted by atomic mass is 32.2. The van der Waals surface area contributed by atoms with Crippen molar-refractivity contribution < 1.29 is 17.9 Å². The van der Waals surface area contributed by atoms with Crippen LogP contribution in [0.5, 0.6) is 0 Å². The number of aliphatic hydroxyl groups is 1. The minimum absolute atomic E-state index is 0.0343. The third kappa shape index (κ3) is 2.59. The highest BCUT2D eigenvalue weighted by Crippen LogP contribution is 2.48. The molecule has 8 heteroatoms. The summed E-state index contributed by atoms with van der Waals surface area (Å²) in [6.45, 7) is 0.471. The Labute approximate surface area is 152 Å². The van der Waals surface area contributed by atoms with Crippen LogP contribution in [-0.2, 0) is 22.7 Å². The Balaban J connectivity index is 1.68. The topological polar surface area (TPSA) is 75.4 Å². The van der Waals surface area contributed by atoms with Gasteiger partial charge in [-0.2, -0.15) is 4.31 Å². The van der Waals surface area contributed by atoms with Crippen LogP contribution in [0.3, 0.4) is 0 Å². The minimum atomic E-state index is -3.94. The Hall–Kier alpha value is -1.77. The van der Waals surface area contributed by atoms with E-state index in [4.69, 9.17) is 0 Å². The number of aromatic nitrogens is 2. The highest BCUT2D eigenvalue weighted by Gasteiger charge is 2.53. The molecule has 2 heterocycles. The molecule has 1 aliphatic carbocycles. The van der Waals surface area contributed by atoms with Crippen LogP contribution < -0.4 is 0 Å². The molecule has 1 saturated carbocycles. The van der Waals surface area contributed by atoms with Crippen molar-refractivity contribution >= 4 is 10.0 Å². The number of halogens is 1. The molecule has 3 unspecified atom stereocenters. The first-order chi connectivity index (χ1) is 12.3. The van der Waals surface area contributed by atoms with Crippen LogP contribution in [0.2, 0.25) is 0 Å². The van der Waals surface area contributed by atoms with Gasteiger partial charge in [0.2, 0.25) is 10.0 Å². The zero-order valence-corrected chi connectivity index (χ0v) is 15.4. The second-order valence-electron chi connectivity index (χ2n) is 7.30. The van der Waals surface area contributed by atoms with Crippen LogP contribution in [0.1, 0.15) is 25.1 Å². The highest BCUT2D eigenvalue weighted by molar-refractivity contribution is 7.89. The third-order valence-corrected chi connectivity index (χ3v) is 7.68. The van der Waals surface area contributed by atoms with Gasteiger partial charge in [0.15, 0.2) is 0 Å². The summed E-state index contributed by atoms with van der Waals surface area (Å²) < 4.78 is 43.1. The molecule has 1 N–H and O–H groups in total. The molecule has 1 aromatic heterocycles. The van der Waals surface area contributed by atoms with E-state index >= 15 is 0 Å². The standard InChI is InChI=1S/C18H22FN3O3S/c1-21-10-9-20-17(21)18(23)8-4-5-13-11-22(12-14(13)18)26(24,25)16-7-3-2-6-15(16)19/h2-3,6-7,9-10,13-14,23H,4-5,8,11-12H2,1H3. The number of benzene rings is 1. The summed E-state index contributed by atoms with van der Waals surface area (Å²) in [5.74, 6) is -0.398. The first-order valence-corrected chi connectivity index (χ1v) is 10.2. The van der Waals surface area contributed by atoms with Crippen LogP contribution in [0.25, 0.3) is 0 Å². The second kappa shape index (κ2) is 6.14. The minimum Gasteiger partial charge on any atom is -0.382 e. The molecule has 4 rings (SSSR count). The summed E-state index contributed by atoms with van der Waals surface area (Å²) in [5.41, 5.74) is -1.17. The van der Waals surface area contributed by atoms with Crippen molar-refractivity contribution in [3.05, 3.63) is 48.3 Å². The van der Waals surface area contributed by atoms with Gasteiger partial charge in [0.05, 0.1) is 0 Å². The average molecular weight is 379 g/mol. The van der Waals surface area contributed by atoms with E-state index in [2.05, 4.69) is 4.98 Å². The summed E-state index contributed by atoms with van der Waals surface area (Å²) in [7, 11) is -2.11. The van der Waals surface area contributed by atoms with Gasteiger partial charge < -0.3 is 9.67 Å². The van der Waals surface area contributed by atoms with E-state index in [1.807, 2.05) is 7.05 Å². The smallest absolute Gasteiger partial charge is 0.246 e. The molecule has 1 aromatic carbocycles. The van der Waals surface area contributed by atoms with E-state index in [0.717, 1.165) is 18.9 Å². The van der Waals surface area contributed by atoms with Gasteiger partial charge in [-0.3, -0.25) is 0 Å². The van der Waals surface area contributed by atoms with Crippen molar-refractivity contribution in [2.24, 2.45) is 18.9 Å². The molecule has 6 nitrogen and oxygen atoms in total. The number of hydrogen-bond acceptors (Lipinski definition) is 4. The molecule has 3 atom stereocenters. The predicted octanol–water partition coefficient (Wildman–Crippen LogP) is 1.87. The summed E-state index contributed by atoms with van der Waals surface area (Å²) in [6.07, 6.45) is 5.62. The monoisotopic (exact) mass is 379 g/mol. The average Bonchev–Trinajstić information content (AvgIpc) is 3.23. The zero-order chi connectivity index (χ0) is 18.5. The van der Waals surface area contributed by atoms with Crippen molar-refractivity contribution in [1.29, 1.82) is 0 Å². The molecule has 140 valence electrons. The Morgan fingerprint density at radius 2 is 2.08 bits per heavy atom. The number of sulfonamides is 1. The molecule has 0 spiro atoms. The molecular formula is C18H22FN3O3S. The summed E-state index contributed by atoms with van der Waals surface area (Å²) in [4.78, 5) is 4.01. The van der Waals surface area contributed by atoms with Gasteiger partial charge in [0.25, 0.3) is 0 Å². The number of hydrogen-bond donors (Lipinski definition) is 1. The van der Waals surface area contributed by atoms with E-state index in [-0.39, 0.29) is 23.3 Å².